The average Bonchev–Trinajstić information content (AvgIpc) is 3.40. The second kappa shape index (κ2) is 8.39. The molecule has 7 heteroatoms. The Bertz CT molecular complexity index is 1130. The van der Waals surface area contributed by atoms with Crippen LogP contribution in [-0.2, 0) is 0 Å². The van der Waals surface area contributed by atoms with Crippen LogP contribution in [0.1, 0.15) is 10.4 Å². The highest BCUT2D eigenvalue weighted by Crippen LogP contribution is 2.19. The molecule has 1 amide bonds. The van der Waals surface area contributed by atoms with Crippen molar-refractivity contribution in [2.24, 2.45) is 0 Å². The molecule has 0 aliphatic carbocycles. The van der Waals surface area contributed by atoms with Gasteiger partial charge in [0.15, 0.2) is 5.82 Å². The maximum absolute atomic E-state index is 12.9. The first kappa shape index (κ1) is 19.0. The zero-order valence-electron chi connectivity index (χ0n) is 17.0. The molecule has 1 fully saturated rings. The van der Waals surface area contributed by atoms with Crippen LogP contribution in [0.15, 0.2) is 85.5 Å². The molecule has 154 valence electrons. The maximum Gasteiger partial charge on any atom is 0.253 e. The third-order valence-electron chi connectivity index (χ3n) is 5.53. The molecule has 3 aromatic heterocycles. The molecule has 31 heavy (non-hydrogen) atoms. The monoisotopic (exact) mass is 410 g/mol. The molecule has 0 unspecified atom stereocenters. The van der Waals surface area contributed by atoms with Crippen molar-refractivity contribution in [1.29, 1.82) is 0 Å². The van der Waals surface area contributed by atoms with Crippen molar-refractivity contribution >= 4 is 11.7 Å². The van der Waals surface area contributed by atoms with Crippen LogP contribution in [0.2, 0.25) is 0 Å². The Morgan fingerprint density at radius 1 is 0.774 bits per heavy atom. The predicted octanol–water partition coefficient (Wildman–Crippen LogP) is 3.29. The zero-order valence-corrected chi connectivity index (χ0v) is 17.0. The molecule has 1 aliphatic rings. The minimum absolute atomic E-state index is 0.0674. The van der Waals surface area contributed by atoms with E-state index in [0.717, 1.165) is 35.9 Å². The van der Waals surface area contributed by atoms with E-state index >= 15 is 0 Å². The summed E-state index contributed by atoms with van der Waals surface area (Å²) in [6.07, 6.45) is 7.47. The van der Waals surface area contributed by atoms with Gasteiger partial charge in [0, 0.05) is 67.8 Å². The molecule has 4 heterocycles. The van der Waals surface area contributed by atoms with Crippen LogP contribution in [0, 0.1) is 0 Å². The van der Waals surface area contributed by atoms with Crippen molar-refractivity contribution in [3.05, 3.63) is 91.0 Å². The summed E-state index contributed by atoms with van der Waals surface area (Å²) < 4.78 is 2.02. The number of carbonyl (C=O) groups excluding carboxylic acids is 1. The molecular formula is C24H22N6O. The highest BCUT2D eigenvalue weighted by atomic mass is 16.2. The largest absolute Gasteiger partial charge is 0.352 e. The molecule has 5 rings (SSSR count). The van der Waals surface area contributed by atoms with E-state index in [2.05, 4.69) is 20.1 Å². The highest BCUT2D eigenvalue weighted by Gasteiger charge is 2.23. The fraction of sp³-hybridized carbons (Fsp3) is 0.167. The molecule has 0 bridgehead atoms. The number of aromatic nitrogens is 4. The van der Waals surface area contributed by atoms with Gasteiger partial charge in [0.05, 0.1) is 5.69 Å². The number of piperazine rings is 1. The number of pyridine rings is 1. The molecule has 0 saturated carbocycles. The molecule has 0 N–H and O–H groups in total. The van der Waals surface area contributed by atoms with Crippen molar-refractivity contribution in [2.45, 2.75) is 0 Å². The summed E-state index contributed by atoms with van der Waals surface area (Å²) in [5.74, 6) is 0.902. The van der Waals surface area contributed by atoms with Crippen LogP contribution < -0.4 is 4.90 Å². The number of amides is 1. The molecule has 1 saturated heterocycles. The third-order valence-corrected chi connectivity index (χ3v) is 5.53. The van der Waals surface area contributed by atoms with E-state index in [1.807, 2.05) is 82.5 Å². The Labute approximate surface area is 180 Å². The van der Waals surface area contributed by atoms with E-state index in [-0.39, 0.29) is 5.91 Å². The lowest BCUT2D eigenvalue weighted by Crippen LogP contribution is -2.49. The van der Waals surface area contributed by atoms with Crippen molar-refractivity contribution in [3.8, 4) is 16.9 Å². The van der Waals surface area contributed by atoms with Crippen LogP contribution >= 0.6 is 0 Å². The molecule has 7 nitrogen and oxygen atoms in total. The normalized spacial score (nSPS) is 13.9. The second-order valence-corrected chi connectivity index (χ2v) is 7.43. The highest BCUT2D eigenvalue weighted by molar-refractivity contribution is 5.94. The van der Waals surface area contributed by atoms with Gasteiger partial charge in [0.1, 0.15) is 0 Å². The first-order valence-corrected chi connectivity index (χ1v) is 10.3. The minimum atomic E-state index is 0.0674. The molecule has 4 aromatic rings. The molecule has 1 aromatic carbocycles. The van der Waals surface area contributed by atoms with Gasteiger partial charge in [-0.05, 0) is 60.7 Å². The summed E-state index contributed by atoms with van der Waals surface area (Å²) in [7, 11) is 0. The number of rotatable bonds is 4. The molecule has 0 atom stereocenters. The standard InChI is InChI=1S/C24H22N6O/c31-24(20-3-5-21(6-4-20)28-13-1-2-14-28)30-17-15-29(16-18-30)23-8-7-22(26-27-23)19-9-11-25-12-10-19/h1-14H,15-18H2. The van der Waals surface area contributed by atoms with E-state index in [1.54, 1.807) is 12.4 Å². The number of hydrogen-bond acceptors (Lipinski definition) is 5. The van der Waals surface area contributed by atoms with Gasteiger partial charge in [-0.2, -0.15) is 0 Å². The van der Waals surface area contributed by atoms with Gasteiger partial charge in [-0.1, -0.05) is 0 Å². The fourth-order valence-corrected chi connectivity index (χ4v) is 3.77. The van der Waals surface area contributed by atoms with E-state index in [0.29, 0.717) is 18.7 Å². The summed E-state index contributed by atoms with van der Waals surface area (Å²) in [5, 5.41) is 8.74. The molecule has 0 radical (unpaired) electrons. The lowest BCUT2D eigenvalue weighted by atomic mass is 10.1. The van der Waals surface area contributed by atoms with Crippen molar-refractivity contribution < 1.29 is 4.79 Å². The third kappa shape index (κ3) is 4.02. The lowest BCUT2D eigenvalue weighted by molar-refractivity contribution is 0.0746. The van der Waals surface area contributed by atoms with Crippen LogP contribution in [0.5, 0.6) is 0 Å². The Morgan fingerprint density at radius 2 is 1.48 bits per heavy atom. The summed E-state index contributed by atoms with van der Waals surface area (Å²) in [6, 6.07) is 19.5. The van der Waals surface area contributed by atoms with E-state index in [4.69, 9.17) is 0 Å². The van der Waals surface area contributed by atoms with Crippen molar-refractivity contribution in [3.63, 3.8) is 0 Å². The van der Waals surface area contributed by atoms with Crippen LogP contribution in [0.25, 0.3) is 16.9 Å². The lowest BCUT2D eigenvalue weighted by Gasteiger charge is -2.35. The van der Waals surface area contributed by atoms with Gasteiger partial charge in [-0.25, -0.2) is 0 Å². The van der Waals surface area contributed by atoms with Gasteiger partial charge in [-0.15, -0.1) is 10.2 Å². The minimum Gasteiger partial charge on any atom is -0.352 e. The number of anilines is 1. The maximum atomic E-state index is 12.9. The van der Waals surface area contributed by atoms with E-state index < -0.39 is 0 Å². The molecular weight excluding hydrogens is 388 g/mol. The first-order valence-electron chi connectivity index (χ1n) is 10.3. The first-order chi connectivity index (χ1) is 15.3. The molecule has 0 spiro atoms. The SMILES string of the molecule is O=C(c1ccc(-n2cccc2)cc1)N1CCN(c2ccc(-c3ccncc3)nn2)CC1. The number of hydrogen-bond donors (Lipinski definition) is 0. The predicted molar refractivity (Wildman–Crippen MR) is 119 cm³/mol. The zero-order chi connectivity index (χ0) is 21.0. The van der Waals surface area contributed by atoms with Gasteiger partial charge >= 0.3 is 0 Å². The van der Waals surface area contributed by atoms with Crippen LogP contribution in [0.4, 0.5) is 5.82 Å². The van der Waals surface area contributed by atoms with E-state index in [9.17, 15) is 4.79 Å². The van der Waals surface area contributed by atoms with E-state index in [1.165, 1.54) is 0 Å². The summed E-state index contributed by atoms with van der Waals surface area (Å²) in [4.78, 5) is 21.0. The number of benzene rings is 1. The fourth-order valence-electron chi connectivity index (χ4n) is 3.77. The van der Waals surface area contributed by atoms with Gasteiger partial charge < -0.3 is 14.4 Å². The van der Waals surface area contributed by atoms with Crippen molar-refractivity contribution in [2.75, 3.05) is 31.1 Å². The summed E-state index contributed by atoms with van der Waals surface area (Å²) in [5.41, 5.74) is 3.57. The van der Waals surface area contributed by atoms with Crippen molar-refractivity contribution in [1.82, 2.24) is 24.6 Å². The molecule has 1 aliphatic heterocycles. The Hall–Kier alpha value is -4.00. The average molecular weight is 410 g/mol. The van der Waals surface area contributed by atoms with Gasteiger partial charge in [0.2, 0.25) is 0 Å². The van der Waals surface area contributed by atoms with Gasteiger partial charge in [0.25, 0.3) is 5.91 Å². The Kier molecular flexibility index (Phi) is 5.14. The summed E-state index contributed by atoms with van der Waals surface area (Å²) >= 11 is 0. The van der Waals surface area contributed by atoms with Crippen LogP contribution in [-0.4, -0.2) is 56.7 Å². The quantitative estimate of drug-likeness (QED) is 0.517. The second-order valence-electron chi connectivity index (χ2n) is 7.43. The number of nitrogens with zero attached hydrogens (tertiary/aromatic N) is 6. The number of carbonyl (C=O) groups is 1. The Balaban J connectivity index is 1.20. The summed E-state index contributed by atoms with van der Waals surface area (Å²) in [6.45, 7) is 2.78. The van der Waals surface area contributed by atoms with Gasteiger partial charge in [-0.3, -0.25) is 9.78 Å². The topological polar surface area (TPSA) is 67.2 Å². The smallest absolute Gasteiger partial charge is 0.253 e. The van der Waals surface area contributed by atoms with Crippen LogP contribution in [0.3, 0.4) is 0 Å². The Morgan fingerprint density at radius 3 is 2.13 bits per heavy atom.